The van der Waals surface area contributed by atoms with E-state index in [9.17, 15) is 19.5 Å². The first-order valence-corrected chi connectivity index (χ1v) is 16.0. The summed E-state index contributed by atoms with van der Waals surface area (Å²) in [7, 11) is 1.59. The lowest BCUT2D eigenvalue weighted by molar-refractivity contribution is -0.145. The summed E-state index contributed by atoms with van der Waals surface area (Å²) in [4.78, 5) is 46.7. The van der Waals surface area contributed by atoms with Crippen molar-refractivity contribution in [3.05, 3.63) is 60.2 Å². The number of carboxylic acids is 1. The maximum absolute atomic E-state index is 14.3. The van der Waals surface area contributed by atoms with Crippen molar-refractivity contribution in [2.75, 3.05) is 19.0 Å². The van der Waals surface area contributed by atoms with Crippen molar-refractivity contribution in [3.63, 3.8) is 0 Å². The topological polar surface area (TPSA) is 130 Å². The van der Waals surface area contributed by atoms with Crippen LogP contribution in [0.4, 0.5) is 5.69 Å². The summed E-state index contributed by atoms with van der Waals surface area (Å²) in [5.41, 5.74) is 1.34. The second-order valence-corrected chi connectivity index (χ2v) is 13.0. The molecule has 232 valence electrons. The summed E-state index contributed by atoms with van der Waals surface area (Å²) < 4.78 is 12.7. The number of fused-ring (bicyclic) bond motifs is 3. The van der Waals surface area contributed by atoms with E-state index >= 15 is 0 Å². The van der Waals surface area contributed by atoms with Gasteiger partial charge in [-0.15, -0.1) is 0 Å². The molecule has 3 aliphatic rings. The molecule has 0 radical (unpaired) electrons. The first-order chi connectivity index (χ1) is 21.3. The number of anilines is 1. The van der Waals surface area contributed by atoms with Crippen LogP contribution in [-0.2, 0) is 14.4 Å². The van der Waals surface area contributed by atoms with Crippen LogP contribution in [0.25, 0.3) is 10.2 Å². The Morgan fingerprint density at radius 2 is 2.05 bits per heavy atom. The Labute approximate surface area is 260 Å². The lowest BCUT2D eigenvalue weighted by Gasteiger charge is -2.30. The predicted octanol–water partition coefficient (Wildman–Crippen LogP) is 4.92. The number of aliphatic carboxylic acids is 1. The van der Waals surface area contributed by atoms with Gasteiger partial charge in [-0.3, -0.25) is 9.59 Å². The van der Waals surface area contributed by atoms with Gasteiger partial charge in [-0.05, 0) is 62.4 Å². The number of carbonyl (C=O) groups excluding carboxylic acids is 2. The molecule has 2 aliphatic heterocycles. The van der Waals surface area contributed by atoms with E-state index < -0.39 is 35.6 Å². The zero-order valence-electron chi connectivity index (χ0n) is 25.0. The molecular weight excluding hydrogens is 580 g/mol. The lowest BCUT2D eigenvalue weighted by atomic mass is 10.0. The molecule has 44 heavy (non-hydrogen) atoms. The second kappa shape index (κ2) is 12.5. The monoisotopic (exact) mass is 618 g/mol. The minimum Gasteiger partial charge on any atom is -0.497 e. The van der Waals surface area contributed by atoms with Gasteiger partial charge in [0.25, 0.3) is 5.19 Å². The van der Waals surface area contributed by atoms with E-state index in [1.807, 2.05) is 55.5 Å². The van der Waals surface area contributed by atoms with Crippen molar-refractivity contribution >= 4 is 45.0 Å². The van der Waals surface area contributed by atoms with Crippen LogP contribution in [0.1, 0.15) is 50.5 Å². The molecule has 2 aromatic carbocycles. The normalized spacial score (nSPS) is 27.5. The number of amides is 2. The third kappa shape index (κ3) is 6.24. The van der Waals surface area contributed by atoms with Gasteiger partial charge in [0.05, 0.1) is 23.9 Å². The van der Waals surface area contributed by atoms with Crippen LogP contribution < -0.4 is 20.1 Å². The Bertz CT molecular complexity index is 1590. The average molecular weight is 619 g/mol. The van der Waals surface area contributed by atoms with Gasteiger partial charge in [0.1, 0.15) is 29.5 Å². The van der Waals surface area contributed by atoms with E-state index in [4.69, 9.17) is 9.47 Å². The second-order valence-electron chi connectivity index (χ2n) is 12.0. The summed E-state index contributed by atoms with van der Waals surface area (Å²) in [5, 5.41) is 16.8. The Morgan fingerprint density at radius 3 is 2.86 bits per heavy atom. The van der Waals surface area contributed by atoms with Crippen LogP contribution in [0.15, 0.2) is 54.6 Å². The largest absolute Gasteiger partial charge is 0.497 e. The van der Waals surface area contributed by atoms with Crippen molar-refractivity contribution < 1.29 is 29.0 Å². The number of benzene rings is 2. The SMILES string of the molecule is COc1cccc(N[C@H]2CCCCCC=C[C@@H]3C[C@@]3(C(=O)O)NC(=O)[C@@H]3C[C@@H](Oc4nc5ccc(C)cc5s4)CN3C2=O)c1. The van der Waals surface area contributed by atoms with E-state index in [1.165, 1.54) is 11.3 Å². The van der Waals surface area contributed by atoms with Gasteiger partial charge in [0.15, 0.2) is 0 Å². The Hall–Kier alpha value is -4.12. The number of ether oxygens (including phenoxy) is 2. The molecular formula is C33H38N4O6S. The molecule has 6 rings (SSSR count). The van der Waals surface area contributed by atoms with Crippen molar-refractivity contribution in [1.82, 2.24) is 15.2 Å². The van der Waals surface area contributed by atoms with Crippen LogP contribution >= 0.6 is 11.3 Å². The van der Waals surface area contributed by atoms with Gasteiger partial charge in [-0.1, -0.05) is 48.5 Å². The summed E-state index contributed by atoms with van der Waals surface area (Å²) >= 11 is 1.43. The van der Waals surface area contributed by atoms with Crippen LogP contribution in [0.5, 0.6) is 10.9 Å². The summed E-state index contributed by atoms with van der Waals surface area (Å²) in [6.07, 6.45) is 8.08. The lowest BCUT2D eigenvalue weighted by Crippen LogP contribution is -2.55. The standard InChI is InChI=1S/C33H38N4O6S/c1-20-13-14-25-28(15-20)44-32(35-25)43-24-17-27-29(38)36-33(31(40)41)18-21(33)9-6-4-3-5-7-12-26(30(39)37(27)19-24)34-22-10-8-11-23(16-22)42-2/h6,8-11,13-16,21,24,26-27,34H,3-5,7,12,17-19H2,1-2H3,(H,36,38)(H,40,41)/t21-,24-,26+,27+,33-/m1/s1. The predicted molar refractivity (Wildman–Crippen MR) is 168 cm³/mol. The molecule has 11 heteroatoms. The molecule has 1 aliphatic carbocycles. The molecule has 2 fully saturated rings. The first-order valence-electron chi connectivity index (χ1n) is 15.2. The van der Waals surface area contributed by atoms with Crippen LogP contribution in [0.2, 0.25) is 0 Å². The van der Waals surface area contributed by atoms with E-state index in [2.05, 4.69) is 21.7 Å². The third-order valence-corrected chi connectivity index (χ3v) is 9.73. The van der Waals surface area contributed by atoms with E-state index in [-0.39, 0.29) is 24.8 Å². The fraction of sp³-hybridized carbons (Fsp3) is 0.455. The molecule has 0 unspecified atom stereocenters. The number of carbonyl (C=O) groups is 3. The molecule has 3 aromatic rings. The van der Waals surface area contributed by atoms with E-state index in [0.29, 0.717) is 23.8 Å². The number of aromatic nitrogens is 1. The van der Waals surface area contributed by atoms with Gasteiger partial charge in [-0.25, -0.2) is 9.78 Å². The van der Waals surface area contributed by atoms with Crippen LogP contribution in [0, 0.1) is 12.8 Å². The Kier molecular flexibility index (Phi) is 8.48. The number of hydrogen-bond acceptors (Lipinski definition) is 8. The molecule has 1 saturated heterocycles. The van der Waals surface area contributed by atoms with Crippen molar-refractivity contribution in [2.24, 2.45) is 5.92 Å². The van der Waals surface area contributed by atoms with Crippen LogP contribution in [0.3, 0.4) is 0 Å². The quantitative estimate of drug-likeness (QED) is 0.332. The number of thiazole rings is 1. The molecule has 3 N–H and O–H groups in total. The highest BCUT2D eigenvalue weighted by atomic mass is 32.1. The highest BCUT2D eigenvalue weighted by molar-refractivity contribution is 7.20. The molecule has 1 saturated carbocycles. The fourth-order valence-electron chi connectivity index (χ4n) is 6.26. The smallest absolute Gasteiger partial charge is 0.330 e. The highest BCUT2D eigenvalue weighted by Gasteiger charge is 2.61. The van der Waals surface area contributed by atoms with E-state index in [1.54, 1.807) is 12.0 Å². The van der Waals surface area contributed by atoms with Crippen LogP contribution in [-0.4, -0.2) is 70.2 Å². The molecule has 2 amide bonds. The molecule has 10 nitrogen and oxygen atoms in total. The van der Waals surface area contributed by atoms with Gasteiger partial charge in [0.2, 0.25) is 11.8 Å². The number of hydrogen-bond donors (Lipinski definition) is 3. The number of aryl methyl sites for hydroxylation is 1. The fourth-order valence-corrected chi connectivity index (χ4v) is 7.24. The first kappa shape index (κ1) is 29.9. The number of rotatable bonds is 6. The average Bonchev–Trinajstić information content (AvgIpc) is 3.32. The number of methoxy groups -OCH3 is 1. The maximum Gasteiger partial charge on any atom is 0.330 e. The Balaban J connectivity index is 1.29. The highest BCUT2D eigenvalue weighted by Crippen LogP contribution is 2.45. The van der Waals surface area contributed by atoms with Gasteiger partial charge >= 0.3 is 5.97 Å². The summed E-state index contributed by atoms with van der Waals surface area (Å²) in [6.45, 7) is 2.21. The molecule has 1 aromatic heterocycles. The minimum atomic E-state index is -1.36. The molecule has 0 bridgehead atoms. The Morgan fingerprint density at radius 1 is 1.18 bits per heavy atom. The minimum absolute atomic E-state index is 0.186. The summed E-state index contributed by atoms with van der Waals surface area (Å²) in [6, 6.07) is 11.9. The number of carboxylic acid groups (broad SMARTS) is 1. The third-order valence-electron chi connectivity index (χ3n) is 8.82. The van der Waals surface area contributed by atoms with Gasteiger partial charge in [-0.2, -0.15) is 0 Å². The van der Waals surface area contributed by atoms with Crippen molar-refractivity contribution in [3.8, 4) is 10.9 Å². The van der Waals surface area contributed by atoms with Crippen molar-refractivity contribution in [2.45, 2.75) is 75.6 Å². The zero-order chi connectivity index (χ0) is 30.8. The molecule has 3 heterocycles. The summed E-state index contributed by atoms with van der Waals surface area (Å²) in [5.74, 6) is -1.36. The molecule has 5 atom stereocenters. The van der Waals surface area contributed by atoms with E-state index in [0.717, 1.165) is 47.2 Å². The zero-order valence-corrected chi connectivity index (χ0v) is 25.8. The maximum atomic E-state index is 14.3. The number of nitrogens with one attached hydrogen (secondary N) is 2. The number of allylic oxidation sites excluding steroid dienone is 1. The van der Waals surface area contributed by atoms with Gasteiger partial charge < -0.3 is 30.1 Å². The van der Waals surface area contributed by atoms with Gasteiger partial charge in [0, 0.05) is 24.1 Å². The molecule has 0 spiro atoms. The van der Waals surface area contributed by atoms with Crippen molar-refractivity contribution in [1.29, 1.82) is 0 Å². The number of nitrogens with zero attached hydrogens (tertiary/aromatic N) is 2.